The van der Waals surface area contributed by atoms with Crippen LogP contribution in [-0.4, -0.2) is 33.6 Å². The fourth-order valence-electron chi connectivity index (χ4n) is 2.67. The number of nitrogens with zero attached hydrogens (tertiary/aromatic N) is 2. The number of aromatic nitrogens is 3. The average molecular weight is 370 g/mol. The summed E-state index contributed by atoms with van der Waals surface area (Å²) < 4.78 is 15.1. The highest BCUT2D eigenvalue weighted by Crippen LogP contribution is 2.20. The molecule has 8 nitrogen and oxygen atoms in total. The third-order valence-corrected chi connectivity index (χ3v) is 4.06. The molecule has 0 saturated carbocycles. The lowest BCUT2D eigenvalue weighted by Crippen LogP contribution is -2.30. The standard InChI is InChI=1S/C18H19FN6O2/c1-2-3-8-21-18(27)23-16-11(9-20)15-12(10-22-16)17(26)25(24-15)14-7-5-4-6-13(14)19/h4-7,9-10,20,24H,2-3,8H2,1H3,(H2,21,22,23,27). The zero-order valence-electron chi connectivity index (χ0n) is 14.7. The van der Waals surface area contributed by atoms with E-state index in [9.17, 15) is 14.0 Å². The van der Waals surface area contributed by atoms with Crippen molar-refractivity contribution in [2.75, 3.05) is 11.9 Å². The number of hydrogen-bond donors (Lipinski definition) is 4. The number of aromatic amines is 1. The van der Waals surface area contributed by atoms with Crippen LogP contribution in [0.4, 0.5) is 15.0 Å². The largest absolute Gasteiger partial charge is 0.338 e. The second kappa shape index (κ2) is 7.81. The zero-order chi connectivity index (χ0) is 19.4. The van der Waals surface area contributed by atoms with Crippen molar-refractivity contribution < 1.29 is 9.18 Å². The molecule has 0 aliphatic carbocycles. The summed E-state index contributed by atoms with van der Waals surface area (Å²) in [4.78, 5) is 28.7. The average Bonchev–Trinajstić information content (AvgIpc) is 2.99. The van der Waals surface area contributed by atoms with E-state index in [2.05, 4.69) is 20.7 Å². The number of carbonyl (C=O) groups is 1. The van der Waals surface area contributed by atoms with Gasteiger partial charge in [0.25, 0.3) is 5.56 Å². The van der Waals surface area contributed by atoms with Crippen molar-refractivity contribution in [2.24, 2.45) is 0 Å². The van der Waals surface area contributed by atoms with E-state index >= 15 is 0 Å². The lowest BCUT2D eigenvalue weighted by atomic mass is 10.2. The van der Waals surface area contributed by atoms with Crippen LogP contribution in [0.15, 0.2) is 35.3 Å². The number of unbranched alkanes of at least 4 members (excludes halogenated alkanes) is 1. The van der Waals surface area contributed by atoms with Crippen molar-refractivity contribution in [1.82, 2.24) is 20.1 Å². The quantitative estimate of drug-likeness (QED) is 0.395. The van der Waals surface area contributed by atoms with Crippen molar-refractivity contribution >= 4 is 29.0 Å². The summed E-state index contributed by atoms with van der Waals surface area (Å²) >= 11 is 0. The summed E-state index contributed by atoms with van der Waals surface area (Å²) in [6.07, 6.45) is 4.07. The third-order valence-electron chi connectivity index (χ3n) is 4.06. The number of para-hydroxylation sites is 1. The second-order valence-corrected chi connectivity index (χ2v) is 5.89. The number of halogens is 1. The number of carbonyl (C=O) groups excluding carboxylic acids is 1. The molecule has 9 heteroatoms. The van der Waals surface area contributed by atoms with Gasteiger partial charge in [-0.2, -0.15) is 0 Å². The molecule has 3 aromatic rings. The number of pyridine rings is 1. The predicted molar refractivity (Wildman–Crippen MR) is 101 cm³/mol. The van der Waals surface area contributed by atoms with Crippen molar-refractivity contribution in [3.8, 4) is 5.69 Å². The van der Waals surface area contributed by atoms with E-state index in [0.717, 1.165) is 23.7 Å². The van der Waals surface area contributed by atoms with Gasteiger partial charge in [0.05, 0.1) is 16.5 Å². The first-order valence-corrected chi connectivity index (χ1v) is 8.50. The number of fused-ring (bicyclic) bond motifs is 1. The Morgan fingerprint density at radius 3 is 2.89 bits per heavy atom. The van der Waals surface area contributed by atoms with E-state index in [4.69, 9.17) is 5.41 Å². The lowest BCUT2D eigenvalue weighted by molar-refractivity contribution is 0.252. The Hall–Kier alpha value is -3.49. The number of H-pyrrole nitrogens is 1. The number of anilines is 1. The molecule has 0 radical (unpaired) electrons. The fourth-order valence-corrected chi connectivity index (χ4v) is 2.67. The Bertz CT molecular complexity index is 1060. The maximum atomic E-state index is 14.1. The van der Waals surface area contributed by atoms with Crippen LogP contribution in [0.25, 0.3) is 16.6 Å². The van der Waals surface area contributed by atoms with Crippen LogP contribution in [0, 0.1) is 11.2 Å². The smallest absolute Gasteiger partial charge is 0.320 e. The highest BCUT2D eigenvalue weighted by molar-refractivity contribution is 6.04. The first kappa shape index (κ1) is 18.3. The van der Waals surface area contributed by atoms with Gasteiger partial charge >= 0.3 is 6.03 Å². The number of rotatable bonds is 6. The summed E-state index contributed by atoms with van der Waals surface area (Å²) in [7, 11) is 0. The van der Waals surface area contributed by atoms with Crippen molar-refractivity contribution in [2.45, 2.75) is 19.8 Å². The SMILES string of the molecule is CCCCNC(=O)Nc1ncc2c(=O)n(-c3ccccc3F)[nH]c2c1C=N. The van der Waals surface area contributed by atoms with Crippen molar-refractivity contribution in [3.63, 3.8) is 0 Å². The highest BCUT2D eigenvalue weighted by Gasteiger charge is 2.17. The van der Waals surface area contributed by atoms with E-state index < -0.39 is 17.4 Å². The molecule has 0 atom stereocenters. The number of urea groups is 1. The van der Waals surface area contributed by atoms with Crippen LogP contribution in [0.2, 0.25) is 0 Å². The first-order valence-electron chi connectivity index (χ1n) is 8.50. The molecule has 1 aromatic carbocycles. The Morgan fingerprint density at radius 2 is 2.19 bits per heavy atom. The Balaban J connectivity index is 2.02. The van der Waals surface area contributed by atoms with Crippen molar-refractivity contribution in [3.05, 3.63) is 52.2 Å². The van der Waals surface area contributed by atoms with E-state index in [0.29, 0.717) is 6.54 Å². The van der Waals surface area contributed by atoms with Crippen molar-refractivity contribution in [1.29, 1.82) is 5.41 Å². The minimum atomic E-state index is -0.566. The number of nitrogens with one attached hydrogen (secondary N) is 4. The third kappa shape index (κ3) is 3.57. The second-order valence-electron chi connectivity index (χ2n) is 5.89. The molecule has 0 aliphatic heterocycles. The summed E-state index contributed by atoms with van der Waals surface area (Å²) in [5.41, 5.74) is 0.0773. The van der Waals surface area contributed by atoms with Crippen LogP contribution in [0.3, 0.4) is 0 Å². The molecule has 140 valence electrons. The monoisotopic (exact) mass is 370 g/mol. The van der Waals surface area contributed by atoms with Gasteiger partial charge in [0.2, 0.25) is 0 Å². The van der Waals surface area contributed by atoms with E-state index in [1.165, 1.54) is 24.4 Å². The highest BCUT2D eigenvalue weighted by atomic mass is 19.1. The maximum Gasteiger partial charge on any atom is 0.320 e. The van der Waals surface area contributed by atoms with Gasteiger partial charge < -0.3 is 10.7 Å². The van der Waals surface area contributed by atoms with Crippen LogP contribution < -0.4 is 16.2 Å². The summed E-state index contributed by atoms with van der Waals surface area (Å²) in [5, 5.41) is 15.9. The molecule has 2 aromatic heterocycles. The molecule has 0 unspecified atom stereocenters. The van der Waals surface area contributed by atoms with Gasteiger partial charge in [0.15, 0.2) is 0 Å². The van der Waals surface area contributed by atoms with Crippen LogP contribution in [-0.2, 0) is 0 Å². The number of hydrogen-bond acceptors (Lipinski definition) is 4. The summed E-state index contributed by atoms with van der Waals surface area (Å²) in [5.74, 6) is -0.433. The summed E-state index contributed by atoms with van der Waals surface area (Å²) in [6, 6.07) is 5.39. The van der Waals surface area contributed by atoms with Gasteiger partial charge in [-0.3, -0.25) is 15.2 Å². The Kier molecular flexibility index (Phi) is 5.30. The molecule has 4 N–H and O–H groups in total. The Labute approximate surface area is 153 Å². The van der Waals surface area contributed by atoms with Crippen LogP contribution >= 0.6 is 0 Å². The molecule has 0 bridgehead atoms. The van der Waals surface area contributed by atoms with Crippen LogP contribution in [0.1, 0.15) is 25.3 Å². The molecular formula is C18H19FN6O2. The Morgan fingerprint density at radius 1 is 1.41 bits per heavy atom. The molecule has 0 aliphatic rings. The van der Waals surface area contributed by atoms with Gasteiger partial charge in [0, 0.05) is 19.0 Å². The lowest BCUT2D eigenvalue weighted by Gasteiger charge is -2.09. The van der Waals surface area contributed by atoms with Gasteiger partial charge in [-0.05, 0) is 18.6 Å². The maximum absolute atomic E-state index is 14.1. The molecule has 2 amide bonds. The molecule has 0 spiro atoms. The van der Waals surface area contributed by atoms with E-state index in [1.54, 1.807) is 6.07 Å². The van der Waals surface area contributed by atoms with E-state index in [1.807, 2.05) is 6.92 Å². The molecular weight excluding hydrogens is 351 g/mol. The van der Waals surface area contributed by atoms with Crippen LogP contribution in [0.5, 0.6) is 0 Å². The number of amides is 2. The van der Waals surface area contributed by atoms with Gasteiger partial charge in [0.1, 0.15) is 17.3 Å². The normalized spacial score (nSPS) is 10.7. The number of benzene rings is 1. The zero-order valence-corrected chi connectivity index (χ0v) is 14.7. The topological polar surface area (TPSA) is 116 Å². The van der Waals surface area contributed by atoms with Gasteiger partial charge in [-0.1, -0.05) is 25.5 Å². The fraction of sp³-hybridized carbons (Fsp3) is 0.222. The van der Waals surface area contributed by atoms with E-state index in [-0.39, 0.29) is 28.0 Å². The molecule has 3 rings (SSSR count). The summed E-state index contributed by atoms with van der Waals surface area (Å²) in [6.45, 7) is 2.53. The first-order chi connectivity index (χ1) is 13.1. The minimum absolute atomic E-state index is 0.0569. The molecule has 0 saturated heterocycles. The molecule has 2 heterocycles. The van der Waals surface area contributed by atoms with Gasteiger partial charge in [-0.15, -0.1) is 0 Å². The molecule has 0 fully saturated rings. The predicted octanol–water partition coefficient (Wildman–Crippen LogP) is 2.77. The molecule has 27 heavy (non-hydrogen) atoms. The van der Waals surface area contributed by atoms with Gasteiger partial charge in [-0.25, -0.2) is 18.9 Å². The minimum Gasteiger partial charge on any atom is -0.338 e.